The van der Waals surface area contributed by atoms with Gasteiger partial charge in [-0.2, -0.15) is 23.4 Å². The van der Waals surface area contributed by atoms with Crippen molar-refractivity contribution in [1.29, 1.82) is 0 Å². The lowest BCUT2D eigenvalue weighted by molar-refractivity contribution is -0.174. The number of fused-ring (bicyclic) bond motifs is 1. The summed E-state index contributed by atoms with van der Waals surface area (Å²) in [4.78, 5) is 14.8. The van der Waals surface area contributed by atoms with E-state index in [1.807, 2.05) is 13.8 Å². The van der Waals surface area contributed by atoms with E-state index in [1.165, 1.54) is 6.20 Å². The minimum Gasteiger partial charge on any atom is -0.367 e. The predicted octanol–water partition coefficient (Wildman–Crippen LogP) is 3.93. The first-order valence-corrected chi connectivity index (χ1v) is 10.4. The Labute approximate surface area is 173 Å². The van der Waals surface area contributed by atoms with Crippen molar-refractivity contribution in [1.82, 2.24) is 24.5 Å². The van der Waals surface area contributed by atoms with Crippen LogP contribution >= 0.6 is 0 Å². The molecular weight excluding hydrogens is 397 g/mol. The molecule has 0 aromatic carbocycles. The molecule has 30 heavy (non-hydrogen) atoms. The number of aromatic nitrogens is 4. The van der Waals surface area contributed by atoms with Gasteiger partial charge in [0.2, 0.25) is 0 Å². The molecule has 0 radical (unpaired) electrons. The fourth-order valence-corrected chi connectivity index (χ4v) is 4.40. The zero-order valence-electron chi connectivity index (χ0n) is 17.4. The molecule has 1 saturated heterocycles. The molecule has 0 unspecified atom stereocenters. The van der Waals surface area contributed by atoms with Crippen LogP contribution in [0.3, 0.4) is 0 Å². The second-order valence-corrected chi connectivity index (χ2v) is 8.60. The van der Waals surface area contributed by atoms with Crippen molar-refractivity contribution < 1.29 is 18.0 Å². The molecule has 4 rings (SSSR count). The highest BCUT2D eigenvalue weighted by Gasteiger charge is 2.47. The molecule has 7 nitrogen and oxygen atoms in total. The highest BCUT2D eigenvalue weighted by atomic mass is 19.4. The predicted molar refractivity (Wildman–Crippen MR) is 105 cm³/mol. The van der Waals surface area contributed by atoms with Crippen molar-refractivity contribution in [2.75, 3.05) is 11.9 Å². The molecule has 1 N–H and O–H groups in total. The highest BCUT2D eigenvalue weighted by molar-refractivity contribution is 5.94. The number of hydrogen-bond acceptors (Lipinski definition) is 4. The van der Waals surface area contributed by atoms with E-state index in [-0.39, 0.29) is 30.3 Å². The number of nitrogens with one attached hydrogen (secondary N) is 1. The average Bonchev–Trinajstić information content (AvgIpc) is 3.31. The number of amides is 1. The van der Waals surface area contributed by atoms with E-state index in [2.05, 4.69) is 15.5 Å². The summed E-state index contributed by atoms with van der Waals surface area (Å²) >= 11 is 0. The SMILES string of the molecule is CC(C)[C@@H]1C[C@H](C(F)(F)F)n2nc([C@H]3CCCCN3C(=O)c3cnn(C)c3)cc2N1. The lowest BCUT2D eigenvalue weighted by atomic mass is 9.94. The van der Waals surface area contributed by atoms with E-state index in [0.29, 0.717) is 30.0 Å². The molecule has 10 heteroatoms. The van der Waals surface area contributed by atoms with Gasteiger partial charge in [-0.15, -0.1) is 0 Å². The molecule has 1 amide bonds. The van der Waals surface area contributed by atoms with Crippen LogP contribution in [0.5, 0.6) is 0 Å². The fourth-order valence-electron chi connectivity index (χ4n) is 4.40. The van der Waals surface area contributed by atoms with Gasteiger partial charge in [0.25, 0.3) is 5.91 Å². The monoisotopic (exact) mass is 424 g/mol. The van der Waals surface area contributed by atoms with Crippen LogP contribution in [0.1, 0.15) is 67.7 Å². The van der Waals surface area contributed by atoms with Gasteiger partial charge in [0, 0.05) is 31.9 Å². The van der Waals surface area contributed by atoms with Gasteiger partial charge in [0.1, 0.15) is 5.82 Å². The van der Waals surface area contributed by atoms with Gasteiger partial charge in [-0.25, -0.2) is 4.68 Å². The van der Waals surface area contributed by atoms with E-state index in [4.69, 9.17) is 0 Å². The van der Waals surface area contributed by atoms with Crippen molar-refractivity contribution in [2.45, 2.75) is 63.8 Å². The Morgan fingerprint density at radius 2 is 2.07 bits per heavy atom. The van der Waals surface area contributed by atoms with Gasteiger partial charge in [-0.3, -0.25) is 9.48 Å². The molecule has 2 aliphatic rings. The van der Waals surface area contributed by atoms with E-state index >= 15 is 0 Å². The number of piperidine rings is 1. The smallest absolute Gasteiger partial charge is 0.367 e. The number of alkyl halides is 3. The van der Waals surface area contributed by atoms with Gasteiger partial charge in [0.15, 0.2) is 6.04 Å². The van der Waals surface area contributed by atoms with E-state index < -0.39 is 12.2 Å². The second kappa shape index (κ2) is 7.63. The molecule has 2 aromatic heterocycles. The Bertz CT molecular complexity index is 918. The zero-order valence-corrected chi connectivity index (χ0v) is 17.4. The van der Waals surface area contributed by atoms with Crippen LogP contribution in [0, 0.1) is 5.92 Å². The van der Waals surface area contributed by atoms with Crippen molar-refractivity contribution in [3.8, 4) is 0 Å². The summed E-state index contributed by atoms with van der Waals surface area (Å²) in [6, 6.07) is -0.612. The maximum atomic E-state index is 13.8. The Hall–Kier alpha value is -2.52. The molecule has 0 spiro atoms. The molecule has 4 heterocycles. The summed E-state index contributed by atoms with van der Waals surface area (Å²) in [5.41, 5.74) is 0.979. The normalized spacial score (nSPS) is 24.6. The third kappa shape index (κ3) is 3.79. The number of carbonyl (C=O) groups is 1. The lowest BCUT2D eigenvalue weighted by Gasteiger charge is -2.35. The summed E-state index contributed by atoms with van der Waals surface area (Å²) in [5.74, 6) is 0.260. The Balaban J connectivity index is 1.67. The van der Waals surface area contributed by atoms with Crippen molar-refractivity contribution in [3.63, 3.8) is 0 Å². The molecule has 1 fully saturated rings. The number of anilines is 1. The van der Waals surface area contributed by atoms with Gasteiger partial charge in [-0.05, 0) is 31.6 Å². The summed E-state index contributed by atoms with van der Waals surface area (Å²) < 4.78 is 43.9. The molecule has 0 bridgehead atoms. The van der Waals surface area contributed by atoms with Crippen LogP contribution in [-0.2, 0) is 7.05 Å². The number of nitrogens with zero attached hydrogens (tertiary/aromatic N) is 5. The fraction of sp³-hybridized carbons (Fsp3) is 0.650. The quantitative estimate of drug-likeness (QED) is 0.811. The van der Waals surface area contributed by atoms with Crippen LogP contribution < -0.4 is 5.32 Å². The van der Waals surface area contributed by atoms with E-state index in [1.54, 1.807) is 28.9 Å². The molecule has 0 aliphatic carbocycles. The van der Waals surface area contributed by atoms with Gasteiger partial charge < -0.3 is 10.2 Å². The number of likely N-dealkylation sites (tertiary alicyclic amines) is 1. The number of halogens is 3. The summed E-state index contributed by atoms with van der Waals surface area (Å²) in [7, 11) is 1.74. The third-order valence-electron chi connectivity index (χ3n) is 6.10. The first-order valence-electron chi connectivity index (χ1n) is 10.4. The zero-order chi connectivity index (χ0) is 21.6. The third-order valence-corrected chi connectivity index (χ3v) is 6.10. The number of hydrogen-bond donors (Lipinski definition) is 1. The first-order chi connectivity index (χ1) is 14.1. The summed E-state index contributed by atoms with van der Waals surface area (Å²) in [6.07, 6.45) is 1.15. The van der Waals surface area contributed by atoms with Crippen molar-refractivity contribution in [2.24, 2.45) is 13.0 Å². The Kier molecular flexibility index (Phi) is 5.27. The number of rotatable bonds is 3. The van der Waals surface area contributed by atoms with Gasteiger partial charge >= 0.3 is 6.18 Å². The van der Waals surface area contributed by atoms with Gasteiger partial charge in [0.05, 0.1) is 23.5 Å². The largest absolute Gasteiger partial charge is 0.410 e. The average molecular weight is 424 g/mol. The minimum absolute atomic E-state index is 0.0558. The Morgan fingerprint density at radius 3 is 2.70 bits per heavy atom. The molecular formula is C20H27F3N6O. The van der Waals surface area contributed by atoms with Crippen LogP contribution in [0.2, 0.25) is 0 Å². The number of aryl methyl sites for hydroxylation is 1. The topological polar surface area (TPSA) is 68.0 Å². The van der Waals surface area contributed by atoms with Crippen LogP contribution in [0.15, 0.2) is 18.5 Å². The highest BCUT2D eigenvalue weighted by Crippen LogP contribution is 2.42. The van der Waals surface area contributed by atoms with Crippen LogP contribution in [0.25, 0.3) is 0 Å². The number of carbonyl (C=O) groups excluding carboxylic acids is 1. The maximum absolute atomic E-state index is 13.8. The van der Waals surface area contributed by atoms with Crippen molar-refractivity contribution in [3.05, 3.63) is 29.7 Å². The first kappa shape index (κ1) is 20.7. The van der Waals surface area contributed by atoms with Crippen LogP contribution in [-0.4, -0.2) is 49.1 Å². The molecule has 164 valence electrons. The lowest BCUT2D eigenvalue weighted by Crippen LogP contribution is -2.41. The van der Waals surface area contributed by atoms with Crippen LogP contribution in [0.4, 0.5) is 19.0 Å². The standard InChI is InChI=1S/C20H27F3N6O/c1-12(2)14-8-17(20(21,22)23)29-18(25-14)9-15(26-29)16-6-4-5-7-28(16)19(30)13-10-24-27(3)11-13/h9-12,14,16-17,25H,4-8H2,1-3H3/t14-,16+,17+/m0/s1. The maximum Gasteiger partial charge on any atom is 0.410 e. The summed E-state index contributed by atoms with van der Waals surface area (Å²) in [5, 5.41) is 11.6. The van der Waals surface area contributed by atoms with E-state index in [0.717, 1.165) is 17.5 Å². The molecule has 2 aliphatic heterocycles. The summed E-state index contributed by atoms with van der Waals surface area (Å²) in [6.45, 7) is 4.37. The second-order valence-electron chi connectivity index (χ2n) is 8.60. The minimum atomic E-state index is -4.38. The molecule has 3 atom stereocenters. The molecule has 2 aromatic rings. The Morgan fingerprint density at radius 1 is 1.30 bits per heavy atom. The van der Waals surface area contributed by atoms with Crippen molar-refractivity contribution >= 4 is 11.7 Å². The van der Waals surface area contributed by atoms with E-state index in [9.17, 15) is 18.0 Å². The molecule has 0 saturated carbocycles. The van der Waals surface area contributed by atoms with Gasteiger partial charge in [-0.1, -0.05) is 13.8 Å².